The average Bonchev–Trinajstić information content (AvgIpc) is 2.54. The zero-order chi connectivity index (χ0) is 14.9. The lowest BCUT2D eigenvalue weighted by Crippen LogP contribution is -2.08. The van der Waals surface area contributed by atoms with Crippen molar-refractivity contribution in [3.63, 3.8) is 0 Å². The number of aryl methyl sites for hydroxylation is 1. The first kappa shape index (κ1) is 15.4. The summed E-state index contributed by atoms with van der Waals surface area (Å²) < 4.78 is 11.2. The van der Waals surface area contributed by atoms with E-state index in [0.29, 0.717) is 6.61 Å². The molecule has 0 amide bonds. The van der Waals surface area contributed by atoms with Gasteiger partial charge < -0.3 is 14.8 Å². The van der Waals surface area contributed by atoms with Gasteiger partial charge in [-0.05, 0) is 31.5 Å². The summed E-state index contributed by atoms with van der Waals surface area (Å²) in [6.45, 7) is 1.50. The highest BCUT2D eigenvalue weighted by atomic mass is 16.5. The Bertz CT molecular complexity index is 540. The lowest BCUT2D eigenvalue weighted by molar-refractivity contribution is 0.305. The first-order valence-electron chi connectivity index (χ1n) is 7.31. The molecular formula is C18H23NO2. The van der Waals surface area contributed by atoms with Crippen LogP contribution in [0.3, 0.4) is 0 Å². The van der Waals surface area contributed by atoms with Crippen molar-refractivity contribution in [2.45, 2.75) is 19.4 Å². The molecule has 2 rings (SSSR count). The van der Waals surface area contributed by atoms with Crippen molar-refractivity contribution in [2.75, 3.05) is 20.8 Å². The van der Waals surface area contributed by atoms with Gasteiger partial charge in [-0.3, -0.25) is 0 Å². The molecule has 0 atom stereocenters. The second kappa shape index (κ2) is 8.32. The lowest BCUT2D eigenvalue weighted by Gasteiger charge is -2.13. The number of hydrogen-bond donors (Lipinski definition) is 1. The Kier molecular flexibility index (Phi) is 6.10. The summed E-state index contributed by atoms with van der Waals surface area (Å²) in [7, 11) is 3.61. The molecule has 3 heteroatoms. The van der Waals surface area contributed by atoms with E-state index in [1.807, 2.05) is 31.3 Å². The highest BCUT2D eigenvalue weighted by Gasteiger charge is 2.05. The van der Waals surface area contributed by atoms with Crippen LogP contribution in [0.1, 0.15) is 17.5 Å². The van der Waals surface area contributed by atoms with Crippen LogP contribution in [0.4, 0.5) is 0 Å². The maximum atomic E-state index is 5.93. The number of ether oxygens (including phenoxy) is 2. The van der Waals surface area contributed by atoms with Crippen LogP contribution in [0.15, 0.2) is 48.5 Å². The molecule has 2 aromatic carbocycles. The van der Waals surface area contributed by atoms with Gasteiger partial charge in [0.15, 0.2) is 0 Å². The summed E-state index contributed by atoms with van der Waals surface area (Å²) in [4.78, 5) is 0. The van der Waals surface area contributed by atoms with Crippen LogP contribution < -0.4 is 14.8 Å². The summed E-state index contributed by atoms with van der Waals surface area (Å²) in [5.74, 6) is 1.73. The van der Waals surface area contributed by atoms with Crippen LogP contribution in [0.2, 0.25) is 0 Å². The van der Waals surface area contributed by atoms with E-state index in [4.69, 9.17) is 9.47 Å². The molecule has 0 saturated heterocycles. The summed E-state index contributed by atoms with van der Waals surface area (Å²) in [5.41, 5.74) is 2.50. The fourth-order valence-corrected chi connectivity index (χ4v) is 2.24. The van der Waals surface area contributed by atoms with E-state index in [0.717, 1.165) is 36.4 Å². The van der Waals surface area contributed by atoms with E-state index in [1.165, 1.54) is 5.56 Å². The molecule has 0 spiro atoms. The van der Waals surface area contributed by atoms with Gasteiger partial charge in [0.25, 0.3) is 0 Å². The van der Waals surface area contributed by atoms with Gasteiger partial charge in [-0.25, -0.2) is 0 Å². The third-order valence-corrected chi connectivity index (χ3v) is 3.35. The third-order valence-electron chi connectivity index (χ3n) is 3.35. The number of benzene rings is 2. The second-order valence-electron chi connectivity index (χ2n) is 4.94. The Morgan fingerprint density at radius 3 is 2.57 bits per heavy atom. The molecule has 0 aliphatic carbocycles. The number of methoxy groups -OCH3 is 1. The van der Waals surface area contributed by atoms with E-state index in [-0.39, 0.29) is 0 Å². The van der Waals surface area contributed by atoms with Crippen molar-refractivity contribution in [3.8, 4) is 11.5 Å². The van der Waals surface area contributed by atoms with Gasteiger partial charge in [0, 0.05) is 18.2 Å². The van der Waals surface area contributed by atoms with Gasteiger partial charge in [-0.1, -0.05) is 36.4 Å². The standard InChI is InChI=1S/C18H23NO2/c1-19-14-16-10-11-17(20-2)13-18(16)21-12-6-9-15-7-4-3-5-8-15/h3-5,7-8,10-11,13,19H,6,9,12,14H2,1-2H3. The summed E-state index contributed by atoms with van der Waals surface area (Å²) in [6.07, 6.45) is 2.03. The fraction of sp³-hybridized carbons (Fsp3) is 0.333. The highest BCUT2D eigenvalue weighted by Crippen LogP contribution is 2.25. The SMILES string of the molecule is CNCc1ccc(OC)cc1OCCCc1ccccc1. The number of rotatable bonds is 8. The maximum Gasteiger partial charge on any atom is 0.127 e. The third kappa shape index (κ3) is 4.80. The fourth-order valence-electron chi connectivity index (χ4n) is 2.24. The van der Waals surface area contributed by atoms with Crippen molar-refractivity contribution in [1.29, 1.82) is 0 Å². The molecule has 0 fully saturated rings. The molecule has 1 N–H and O–H groups in total. The van der Waals surface area contributed by atoms with Crippen LogP contribution in [0.5, 0.6) is 11.5 Å². The van der Waals surface area contributed by atoms with E-state index in [2.05, 4.69) is 29.6 Å². The Labute approximate surface area is 126 Å². The Balaban J connectivity index is 1.89. The first-order chi connectivity index (χ1) is 10.3. The smallest absolute Gasteiger partial charge is 0.127 e. The van der Waals surface area contributed by atoms with E-state index in [9.17, 15) is 0 Å². The molecule has 0 bridgehead atoms. The van der Waals surface area contributed by atoms with E-state index in [1.54, 1.807) is 7.11 Å². The predicted octanol–water partition coefficient (Wildman–Crippen LogP) is 3.43. The van der Waals surface area contributed by atoms with Crippen molar-refractivity contribution >= 4 is 0 Å². The first-order valence-corrected chi connectivity index (χ1v) is 7.31. The molecular weight excluding hydrogens is 262 g/mol. The predicted molar refractivity (Wildman–Crippen MR) is 86.0 cm³/mol. The van der Waals surface area contributed by atoms with Crippen molar-refractivity contribution < 1.29 is 9.47 Å². The van der Waals surface area contributed by atoms with Crippen LogP contribution in [0.25, 0.3) is 0 Å². The normalized spacial score (nSPS) is 10.4. The molecule has 0 aliphatic rings. The summed E-state index contributed by atoms with van der Waals surface area (Å²) in [5, 5.41) is 3.16. The molecule has 112 valence electrons. The van der Waals surface area contributed by atoms with Crippen molar-refractivity contribution in [2.24, 2.45) is 0 Å². The summed E-state index contributed by atoms with van der Waals surface area (Å²) in [6, 6.07) is 16.4. The zero-order valence-corrected chi connectivity index (χ0v) is 12.8. The molecule has 3 nitrogen and oxygen atoms in total. The molecule has 0 saturated carbocycles. The molecule has 0 heterocycles. The molecule has 0 aromatic heterocycles. The minimum absolute atomic E-state index is 0.707. The average molecular weight is 285 g/mol. The largest absolute Gasteiger partial charge is 0.497 e. The molecule has 2 aromatic rings. The number of nitrogens with one attached hydrogen (secondary N) is 1. The minimum Gasteiger partial charge on any atom is -0.497 e. The molecule has 0 radical (unpaired) electrons. The maximum absolute atomic E-state index is 5.93. The molecule has 0 unspecified atom stereocenters. The van der Waals surface area contributed by atoms with Crippen LogP contribution >= 0.6 is 0 Å². The Hall–Kier alpha value is -2.00. The van der Waals surface area contributed by atoms with Gasteiger partial charge in [-0.2, -0.15) is 0 Å². The van der Waals surface area contributed by atoms with Crippen LogP contribution in [0, 0.1) is 0 Å². The second-order valence-corrected chi connectivity index (χ2v) is 4.94. The minimum atomic E-state index is 0.707. The van der Waals surface area contributed by atoms with Crippen LogP contribution in [-0.2, 0) is 13.0 Å². The van der Waals surface area contributed by atoms with E-state index >= 15 is 0 Å². The Morgan fingerprint density at radius 2 is 1.86 bits per heavy atom. The lowest BCUT2D eigenvalue weighted by atomic mass is 10.1. The summed E-state index contributed by atoms with van der Waals surface area (Å²) >= 11 is 0. The van der Waals surface area contributed by atoms with Crippen molar-refractivity contribution in [1.82, 2.24) is 5.32 Å². The van der Waals surface area contributed by atoms with Gasteiger partial charge >= 0.3 is 0 Å². The van der Waals surface area contributed by atoms with Gasteiger partial charge in [0.2, 0.25) is 0 Å². The molecule has 21 heavy (non-hydrogen) atoms. The molecule has 0 aliphatic heterocycles. The van der Waals surface area contributed by atoms with Crippen LogP contribution in [-0.4, -0.2) is 20.8 Å². The van der Waals surface area contributed by atoms with E-state index < -0.39 is 0 Å². The van der Waals surface area contributed by atoms with Gasteiger partial charge in [0.05, 0.1) is 13.7 Å². The highest BCUT2D eigenvalue weighted by molar-refractivity contribution is 5.40. The van der Waals surface area contributed by atoms with Gasteiger partial charge in [-0.15, -0.1) is 0 Å². The zero-order valence-electron chi connectivity index (χ0n) is 12.8. The number of hydrogen-bond acceptors (Lipinski definition) is 3. The Morgan fingerprint density at radius 1 is 1.05 bits per heavy atom. The van der Waals surface area contributed by atoms with Gasteiger partial charge in [0.1, 0.15) is 11.5 Å². The quantitative estimate of drug-likeness (QED) is 0.754. The van der Waals surface area contributed by atoms with Crippen molar-refractivity contribution in [3.05, 3.63) is 59.7 Å². The monoisotopic (exact) mass is 285 g/mol. The topological polar surface area (TPSA) is 30.5 Å².